The molecule has 31 heavy (non-hydrogen) atoms. The van der Waals surface area contributed by atoms with Crippen molar-refractivity contribution < 1.29 is 19.4 Å². The van der Waals surface area contributed by atoms with E-state index in [0.717, 1.165) is 16.7 Å². The quantitative estimate of drug-likeness (QED) is 0.388. The number of aromatic nitrogens is 1. The van der Waals surface area contributed by atoms with Crippen molar-refractivity contribution >= 4 is 17.4 Å². The molecule has 0 radical (unpaired) electrons. The highest BCUT2D eigenvalue weighted by Crippen LogP contribution is 2.40. The molecule has 0 saturated carbocycles. The molecule has 1 amide bonds. The van der Waals surface area contributed by atoms with Gasteiger partial charge in [-0.05, 0) is 47.9 Å². The third-order valence-corrected chi connectivity index (χ3v) is 5.40. The van der Waals surface area contributed by atoms with Gasteiger partial charge >= 0.3 is 0 Å². The number of aryl methyl sites for hydroxylation is 1. The summed E-state index contributed by atoms with van der Waals surface area (Å²) in [6.45, 7) is 2.06. The van der Waals surface area contributed by atoms with Gasteiger partial charge < -0.3 is 14.7 Å². The lowest BCUT2D eigenvalue weighted by molar-refractivity contribution is -0.140. The van der Waals surface area contributed by atoms with E-state index in [4.69, 9.17) is 4.74 Å². The summed E-state index contributed by atoms with van der Waals surface area (Å²) in [4.78, 5) is 31.6. The van der Waals surface area contributed by atoms with Gasteiger partial charge in [-0.15, -0.1) is 0 Å². The van der Waals surface area contributed by atoms with Crippen LogP contribution in [0.2, 0.25) is 0 Å². The van der Waals surface area contributed by atoms with E-state index in [1.807, 2.05) is 43.3 Å². The van der Waals surface area contributed by atoms with Crippen LogP contribution in [0.1, 0.15) is 28.3 Å². The molecular weight excluding hydrogens is 392 g/mol. The molecule has 4 rings (SSSR count). The maximum atomic E-state index is 13.1. The maximum Gasteiger partial charge on any atom is 0.295 e. The highest BCUT2D eigenvalue weighted by Gasteiger charge is 2.46. The summed E-state index contributed by atoms with van der Waals surface area (Å²) < 4.78 is 5.28. The summed E-state index contributed by atoms with van der Waals surface area (Å²) in [6, 6.07) is 17.3. The minimum Gasteiger partial charge on any atom is -0.507 e. The summed E-state index contributed by atoms with van der Waals surface area (Å²) in [5, 5.41) is 11.1. The second-order valence-electron chi connectivity index (χ2n) is 7.38. The Morgan fingerprint density at radius 1 is 1.10 bits per heavy atom. The number of hydrogen-bond donors (Lipinski definition) is 1. The van der Waals surface area contributed by atoms with E-state index in [1.165, 1.54) is 4.90 Å². The summed E-state index contributed by atoms with van der Waals surface area (Å²) >= 11 is 0. The molecule has 0 bridgehead atoms. The normalized spacial score (nSPS) is 17.7. The van der Waals surface area contributed by atoms with Gasteiger partial charge in [-0.25, -0.2) is 0 Å². The summed E-state index contributed by atoms with van der Waals surface area (Å²) in [6.07, 6.45) is 3.31. The Hall–Kier alpha value is -3.93. The fourth-order valence-electron chi connectivity index (χ4n) is 3.89. The van der Waals surface area contributed by atoms with E-state index >= 15 is 0 Å². The van der Waals surface area contributed by atoms with Gasteiger partial charge in [0, 0.05) is 24.5 Å². The van der Waals surface area contributed by atoms with E-state index in [-0.39, 0.29) is 17.9 Å². The van der Waals surface area contributed by atoms with Gasteiger partial charge in [-0.1, -0.05) is 36.4 Å². The molecule has 2 heterocycles. The monoisotopic (exact) mass is 414 g/mol. The van der Waals surface area contributed by atoms with Crippen molar-refractivity contribution in [2.75, 3.05) is 7.11 Å². The van der Waals surface area contributed by atoms with Crippen LogP contribution in [0, 0.1) is 6.92 Å². The molecule has 2 aromatic carbocycles. The van der Waals surface area contributed by atoms with E-state index in [2.05, 4.69) is 4.98 Å². The van der Waals surface area contributed by atoms with Crippen LogP contribution in [-0.2, 0) is 16.1 Å². The molecule has 156 valence electrons. The summed E-state index contributed by atoms with van der Waals surface area (Å²) in [7, 11) is 1.57. The number of aliphatic hydroxyl groups is 1. The zero-order valence-corrected chi connectivity index (χ0v) is 17.3. The van der Waals surface area contributed by atoms with Crippen molar-refractivity contribution in [2.24, 2.45) is 0 Å². The third kappa shape index (κ3) is 3.80. The summed E-state index contributed by atoms with van der Waals surface area (Å²) in [5.41, 5.74) is 2.89. The average molecular weight is 414 g/mol. The molecule has 6 heteroatoms. The Labute approximate surface area is 180 Å². The Balaban J connectivity index is 1.85. The number of methoxy groups -OCH3 is 1. The minimum atomic E-state index is -0.705. The zero-order valence-electron chi connectivity index (χ0n) is 17.3. The van der Waals surface area contributed by atoms with Crippen molar-refractivity contribution in [3.05, 3.63) is 101 Å². The fraction of sp³-hybridized carbons (Fsp3) is 0.160. The Kier molecular flexibility index (Phi) is 5.54. The number of amides is 1. The van der Waals surface area contributed by atoms with Crippen LogP contribution in [0.5, 0.6) is 5.75 Å². The predicted molar refractivity (Wildman–Crippen MR) is 116 cm³/mol. The molecule has 1 aliphatic rings. The predicted octanol–water partition coefficient (Wildman–Crippen LogP) is 4.02. The Morgan fingerprint density at radius 2 is 1.87 bits per heavy atom. The standard InChI is InChI=1S/C25H22N2O4/c1-16-13-19(10-11-20(16)31-2)23(28)21-22(18-8-4-3-5-9-18)27(25(30)24(21)29)15-17-7-6-12-26-14-17/h3-14,22,28H,15H2,1-2H3/b23-21-. The molecular formula is C25H22N2O4. The lowest BCUT2D eigenvalue weighted by Crippen LogP contribution is -2.29. The van der Waals surface area contributed by atoms with Crippen molar-refractivity contribution in [2.45, 2.75) is 19.5 Å². The van der Waals surface area contributed by atoms with Gasteiger partial charge in [-0.3, -0.25) is 14.6 Å². The number of benzene rings is 2. The van der Waals surface area contributed by atoms with Crippen LogP contribution in [0.3, 0.4) is 0 Å². The number of Topliss-reactive ketones (excluding diaryl/α,β-unsaturated/α-hetero) is 1. The first-order valence-corrected chi connectivity index (χ1v) is 9.88. The van der Waals surface area contributed by atoms with E-state index in [0.29, 0.717) is 11.3 Å². The van der Waals surface area contributed by atoms with Crippen LogP contribution in [0.4, 0.5) is 0 Å². The summed E-state index contributed by atoms with van der Waals surface area (Å²) in [5.74, 6) is -0.881. The Morgan fingerprint density at radius 3 is 2.52 bits per heavy atom. The number of hydrogen-bond acceptors (Lipinski definition) is 5. The highest BCUT2D eigenvalue weighted by atomic mass is 16.5. The molecule has 3 aromatic rings. The lowest BCUT2D eigenvalue weighted by Gasteiger charge is -2.25. The average Bonchev–Trinajstić information content (AvgIpc) is 3.04. The molecule has 1 fully saturated rings. The molecule has 1 aromatic heterocycles. The Bertz CT molecular complexity index is 1160. The molecule has 0 aliphatic carbocycles. The molecule has 0 spiro atoms. The SMILES string of the molecule is COc1ccc(/C(O)=C2/C(=O)C(=O)N(Cc3cccnc3)C2c2ccccc2)cc1C. The first-order valence-electron chi connectivity index (χ1n) is 9.88. The van der Waals surface area contributed by atoms with E-state index < -0.39 is 17.7 Å². The molecule has 1 N–H and O–H groups in total. The number of carbonyl (C=O) groups is 2. The number of ether oxygens (including phenoxy) is 1. The van der Waals surface area contributed by atoms with Crippen molar-refractivity contribution in [1.82, 2.24) is 9.88 Å². The highest BCUT2D eigenvalue weighted by molar-refractivity contribution is 6.46. The number of carbonyl (C=O) groups excluding carboxylic acids is 2. The number of nitrogens with zero attached hydrogens (tertiary/aromatic N) is 2. The van der Waals surface area contributed by atoms with Crippen molar-refractivity contribution in [3.8, 4) is 5.75 Å². The van der Waals surface area contributed by atoms with Gasteiger partial charge in [0.15, 0.2) is 0 Å². The fourth-order valence-corrected chi connectivity index (χ4v) is 3.89. The van der Waals surface area contributed by atoms with Crippen LogP contribution in [0.15, 0.2) is 78.6 Å². The number of rotatable bonds is 5. The van der Waals surface area contributed by atoms with E-state index in [9.17, 15) is 14.7 Å². The van der Waals surface area contributed by atoms with Gasteiger partial charge in [0.05, 0.1) is 18.7 Å². The van der Waals surface area contributed by atoms with Gasteiger partial charge in [0.2, 0.25) is 0 Å². The number of pyridine rings is 1. The van der Waals surface area contributed by atoms with Crippen molar-refractivity contribution in [3.63, 3.8) is 0 Å². The molecule has 1 atom stereocenters. The molecule has 1 saturated heterocycles. The lowest BCUT2D eigenvalue weighted by atomic mass is 9.94. The largest absolute Gasteiger partial charge is 0.507 e. The van der Waals surface area contributed by atoms with Crippen molar-refractivity contribution in [1.29, 1.82) is 0 Å². The first kappa shape index (κ1) is 20.3. The number of likely N-dealkylation sites (tertiary alicyclic amines) is 1. The first-order chi connectivity index (χ1) is 15.0. The number of aliphatic hydroxyl groups excluding tert-OH is 1. The minimum absolute atomic E-state index is 0.0738. The van der Waals surface area contributed by atoms with Gasteiger partial charge in [-0.2, -0.15) is 0 Å². The topological polar surface area (TPSA) is 79.7 Å². The van der Waals surface area contributed by atoms with Gasteiger partial charge in [0.25, 0.3) is 11.7 Å². The zero-order chi connectivity index (χ0) is 22.0. The second-order valence-corrected chi connectivity index (χ2v) is 7.38. The molecule has 1 aliphatic heterocycles. The number of ketones is 1. The van der Waals surface area contributed by atoms with Crippen LogP contribution < -0.4 is 4.74 Å². The third-order valence-electron chi connectivity index (χ3n) is 5.40. The van der Waals surface area contributed by atoms with Crippen LogP contribution in [-0.4, -0.2) is 33.8 Å². The van der Waals surface area contributed by atoms with Crippen LogP contribution in [0.25, 0.3) is 5.76 Å². The second kappa shape index (κ2) is 8.44. The smallest absolute Gasteiger partial charge is 0.295 e. The molecule has 6 nitrogen and oxygen atoms in total. The van der Waals surface area contributed by atoms with E-state index in [1.54, 1.807) is 43.8 Å². The maximum absolute atomic E-state index is 13.1. The van der Waals surface area contributed by atoms with Gasteiger partial charge in [0.1, 0.15) is 11.5 Å². The molecule has 1 unspecified atom stereocenters. The van der Waals surface area contributed by atoms with Crippen LogP contribution >= 0.6 is 0 Å².